The van der Waals surface area contributed by atoms with Crippen LogP contribution in [0.2, 0.25) is 0 Å². The smallest absolute Gasteiger partial charge is 0.169 e. The molecule has 0 radical (unpaired) electrons. The van der Waals surface area contributed by atoms with E-state index in [9.17, 15) is 0 Å². The molecule has 0 amide bonds. The van der Waals surface area contributed by atoms with E-state index in [0.29, 0.717) is 5.92 Å². The first-order chi connectivity index (χ1) is 11.2. The summed E-state index contributed by atoms with van der Waals surface area (Å²) >= 11 is 1.78. The van der Waals surface area contributed by atoms with Gasteiger partial charge in [-0.1, -0.05) is 37.7 Å². The largest absolute Gasteiger partial charge is 0.335 e. The lowest BCUT2D eigenvalue weighted by molar-refractivity contribution is 0.503. The second-order valence-corrected chi connectivity index (χ2v) is 7.08. The summed E-state index contributed by atoms with van der Waals surface area (Å²) in [5, 5.41) is 1.09. The van der Waals surface area contributed by atoms with Gasteiger partial charge in [0.2, 0.25) is 0 Å². The highest BCUT2D eigenvalue weighted by Crippen LogP contribution is 2.27. The Balaban J connectivity index is 1.85. The Bertz CT molecular complexity index is 772. The molecule has 0 bridgehead atoms. The van der Waals surface area contributed by atoms with Crippen LogP contribution < -0.4 is 0 Å². The van der Waals surface area contributed by atoms with Crippen LogP contribution in [0.1, 0.15) is 33.0 Å². The number of thioether (sulfide) groups is 1. The highest BCUT2D eigenvalue weighted by Gasteiger charge is 2.12. The SMILES string of the molecule is CCn1ccnc1CSc1nc2ccccc2n1CCC(C)C. The predicted octanol–water partition coefficient (Wildman–Crippen LogP) is 4.59. The van der Waals surface area contributed by atoms with Crippen molar-refractivity contribution in [3.8, 4) is 0 Å². The summed E-state index contributed by atoms with van der Waals surface area (Å²) < 4.78 is 4.55. The number of para-hydroxylation sites is 2. The molecule has 0 spiro atoms. The van der Waals surface area contributed by atoms with Gasteiger partial charge in [0.05, 0.1) is 16.8 Å². The van der Waals surface area contributed by atoms with Gasteiger partial charge in [-0.25, -0.2) is 9.97 Å². The third kappa shape index (κ3) is 3.61. The minimum atomic E-state index is 0.688. The van der Waals surface area contributed by atoms with Crippen LogP contribution in [-0.4, -0.2) is 19.1 Å². The molecule has 0 saturated carbocycles. The average molecular weight is 328 g/mol. The van der Waals surface area contributed by atoms with Crippen molar-refractivity contribution in [2.45, 2.75) is 51.2 Å². The molecule has 2 aromatic heterocycles. The molecule has 0 atom stereocenters. The van der Waals surface area contributed by atoms with Gasteiger partial charge in [0.25, 0.3) is 0 Å². The molecule has 122 valence electrons. The number of nitrogens with zero attached hydrogens (tertiary/aromatic N) is 4. The summed E-state index contributed by atoms with van der Waals surface area (Å²) in [5.74, 6) is 2.65. The Kier molecular flexibility index (Phi) is 5.06. The van der Waals surface area contributed by atoms with Gasteiger partial charge in [-0.15, -0.1) is 0 Å². The van der Waals surface area contributed by atoms with Crippen molar-refractivity contribution in [3.63, 3.8) is 0 Å². The van der Waals surface area contributed by atoms with Gasteiger partial charge >= 0.3 is 0 Å². The van der Waals surface area contributed by atoms with Gasteiger partial charge < -0.3 is 9.13 Å². The van der Waals surface area contributed by atoms with Crippen LogP contribution in [0.3, 0.4) is 0 Å². The average Bonchev–Trinajstić information content (AvgIpc) is 3.14. The number of imidazole rings is 2. The van der Waals surface area contributed by atoms with Crippen LogP contribution in [-0.2, 0) is 18.8 Å². The van der Waals surface area contributed by atoms with E-state index in [-0.39, 0.29) is 0 Å². The third-order valence-electron chi connectivity index (χ3n) is 4.02. The molecule has 23 heavy (non-hydrogen) atoms. The molecular formula is C18H24N4S. The monoisotopic (exact) mass is 328 g/mol. The van der Waals surface area contributed by atoms with E-state index < -0.39 is 0 Å². The first-order valence-corrected chi connectivity index (χ1v) is 9.25. The Labute approximate surface area is 141 Å². The minimum absolute atomic E-state index is 0.688. The quantitative estimate of drug-likeness (QED) is 0.595. The van der Waals surface area contributed by atoms with Crippen LogP contribution >= 0.6 is 11.8 Å². The van der Waals surface area contributed by atoms with E-state index in [1.165, 1.54) is 5.52 Å². The summed E-state index contributed by atoms with van der Waals surface area (Å²) in [7, 11) is 0. The molecule has 2 heterocycles. The summed E-state index contributed by atoms with van der Waals surface area (Å²) in [6.45, 7) is 8.66. The van der Waals surface area contributed by atoms with E-state index in [4.69, 9.17) is 4.98 Å². The fraction of sp³-hybridized carbons (Fsp3) is 0.444. The standard InChI is InChI=1S/C18H24N4S/c1-4-21-12-10-19-17(21)13-23-18-20-15-7-5-6-8-16(15)22(18)11-9-14(2)3/h5-8,10,12,14H,4,9,11,13H2,1-3H3. The van der Waals surface area contributed by atoms with Crippen molar-refractivity contribution in [3.05, 3.63) is 42.5 Å². The third-order valence-corrected chi connectivity index (χ3v) is 4.99. The first kappa shape index (κ1) is 16.1. The van der Waals surface area contributed by atoms with E-state index in [2.05, 4.69) is 59.2 Å². The Morgan fingerprint density at radius 2 is 2.04 bits per heavy atom. The fourth-order valence-corrected chi connectivity index (χ4v) is 3.67. The van der Waals surface area contributed by atoms with Gasteiger partial charge in [0.15, 0.2) is 5.16 Å². The topological polar surface area (TPSA) is 35.6 Å². The molecule has 1 aromatic carbocycles. The Hall–Kier alpha value is -1.75. The van der Waals surface area contributed by atoms with Crippen LogP contribution in [0.15, 0.2) is 41.8 Å². The van der Waals surface area contributed by atoms with Gasteiger partial charge in [0.1, 0.15) is 5.82 Å². The zero-order chi connectivity index (χ0) is 16.2. The number of aromatic nitrogens is 4. The van der Waals surface area contributed by atoms with E-state index in [0.717, 1.165) is 41.8 Å². The predicted molar refractivity (Wildman–Crippen MR) is 96.7 cm³/mol. The molecule has 0 N–H and O–H groups in total. The van der Waals surface area contributed by atoms with Crippen LogP contribution in [0.4, 0.5) is 0 Å². The molecule has 3 rings (SSSR count). The zero-order valence-corrected chi connectivity index (χ0v) is 14.9. The van der Waals surface area contributed by atoms with Crippen molar-refractivity contribution in [1.82, 2.24) is 19.1 Å². The normalized spacial score (nSPS) is 11.7. The number of rotatable bonds is 7. The molecule has 0 aliphatic carbocycles. The Morgan fingerprint density at radius 1 is 1.22 bits per heavy atom. The maximum absolute atomic E-state index is 4.83. The van der Waals surface area contributed by atoms with Gasteiger partial charge in [0, 0.05) is 25.5 Å². The maximum Gasteiger partial charge on any atom is 0.169 e. The van der Waals surface area contributed by atoms with Gasteiger partial charge in [-0.3, -0.25) is 0 Å². The molecule has 4 nitrogen and oxygen atoms in total. The lowest BCUT2D eigenvalue weighted by Crippen LogP contribution is -2.04. The molecule has 5 heteroatoms. The highest BCUT2D eigenvalue weighted by molar-refractivity contribution is 7.98. The van der Waals surface area contributed by atoms with Crippen molar-refractivity contribution in [2.24, 2.45) is 5.92 Å². The Morgan fingerprint density at radius 3 is 2.83 bits per heavy atom. The number of hydrogen-bond acceptors (Lipinski definition) is 3. The molecular weight excluding hydrogens is 304 g/mol. The number of fused-ring (bicyclic) bond motifs is 1. The summed E-state index contributed by atoms with van der Waals surface area (Å²) in [6, 6.07) is 8.41. The second kappa shape index (κ2) is 7.21. The molecule has 0 aliphatic heterocycles. The fourth-order valence-electron chi connectivity index (χ4n) is 2.66. The van der Waals surface area contributed by atoms with Gasteiger partial charge in [-0.2, -0.15) is 0 Å². The van der Waals surface area contributed by atoms with Crippen molar-refractivity contribution in [1.29, 1.82) is 0 Å². The number of aryl methyl sites for hydroxylation is 2. The summed E-state index contributed by atoms with van der Waals surface area (Å²) in [5.41, 5.74) is 2.31. The first-order valence-electron chi connectivity index (χ1n) is 8.27. The van der Waals surface area contributed by atoms with E-state index >= 15 is 0 Å². The molecule has 3 aromatic rings. The highest BCUT2D eigenvalue weighted by atomic mass is 32.2. The zero-order valence-electron chi connectivity index (χ0n) is 14.1. The molecule has 0 aliphatic rings. The molecule has 0 saturated heterocycles. The van der Waals surface area contributed by atoms with Crippen molar-refractivity contribution >= 4 is 22.8 Å². The lowest BCUT2D eigenvalue weighted by atomic mass is 10.1. The van der Waals surface area contributed by atoms with Crippen LogP contribution in [0.5, 0.6) is 0 Å². The second-order valence-electron chi connectivity index (χ2n) is 6.14. The van der Waals surface area contributed by atoms with Crippen LogP contribution in [0, 0.1) is 5.92 Å². The number of hydrogen-bond donors (Lipinski definition) is 0. The van der Waals surface area contributed by atoms with Gasteiger partial charge in [-0.05, 0) is 31.4 Å². The molecule has 0 fully saturated rings. The van der Waals surface area contributed by atoms with E-state index in [1.807, 2.05) is 12.4 Å². The maximum atomic E-state index is 4.83. The molecule has 0 unspecified atom stereocenters. The number of benzene rings is 1. The lowest BCUT2D eigenvalue weighted by Gasteiger charge is -2.11. The van der Waals surface area contributed by atoms with E-state index in [1.54, 1.807) is 11.8 Å². The summed E-state index contributed by atoms with van der Waals surface area (Å²) in [4.78, 5) is 9.30. The summed E-state index contributed by atoms with van der Waals surface area (Å²) in [6.07, 6.45) is 5.08. The van der Waals surface area contributed by atoms with Crippen LogP contribution in [0.25, 0.3) is 11.0 Å². The van der Waals surface area contributed by atoms with Crippen molar-refractivity contribution < 1.29 is 0 Å². The minimum Gasteiger partial charge on any atom is -0.335 e. The van der Waals surface area contributed by atoms with Crippen molar-refractivity contribution in [2.75, 3.05) is 0 Å².